The van der Waals surface area contributed by atoms with Gasteiger partial charge in [-0.3, -0.25) is 14.9 Å². The Labute approximate surface area is 173 Å². The third-order valence-electron chi connectivity index (χ3n) is 4.90. The summed E-state index contributed by atoms with van der Waals surface area (Å²) in [5, 5.41) is 6.03. The number of amides is 1. The molecule has 1 aliphatic heterocycles. The largest absolute Gasteiger partial charge is 0.370 e. The minimum Gasteiger partial charge on any atom is -0.370 e. The Bertz CT molecular complexity index is 1110. The first kappa shape index (κ1) is 19.1. The van der Waals surface area contributed by atoms with Crippen LogP contribution in [0.15, 0.2) is 53.5 Å². The predicted molar refractivity (Wildman–Crippen MR) is 119 cm³/mol. The fourth-order valence-corrected chi connectivity index (χ4v) is 3.69. The minimum atomic E-state index is -0.279. The molecule has 7 nitrogen and oxygen atoms in total. The molecule has 1 fully saturated rings. The van der Waals surface area contributed by atoms with Crippen LogP contribution in [0.25, 0.3) is 11.0 Å². The lowest BCUT2D eigenvalue weighted by Gasteiger charge is -2.31. The van der Waals surface area contributed by atoms with Crippen LogP contribution in [0.4, 0.5) is 11.4 Å². The minimum absolute atomic E-state index is 0.197. The molecule has 148 valence electrons. The van der Waals surface area contributed by atoms with Crippen LogP contribution in [-0.4, -0.2) is 34.1 Å². The number of nitrogens with one attached hydrogen (secondary N) is 3. The summed E-state index contributed by atoms with van der Waals surface area (Å²) in [5.41, 5.74) is 3.25. The van der Waals surface area contributed by atoms with Crippen LogP contribution >= 0.6 is 12.2 Å². The normalized spacial score (nSPS) is 13.9. The molecule has 8 heteroatoms. The van der Waals surface area contributed by atoms with Crippen molar-refractivity contribution in [2.45, 2.75) is 19.3 Å². The number of benzene rings is 2. The van der Waals surface area contributed by atoms with E-state index in [1.165, 1.54) is 12.6 Å². The monoisotopic (exact) mass is 407 g/mol. The van der Waals surface area contributed by atoms with E-state index in [2.05, 4.69) is 25.5 Å². The predicted octanol–water partition coefficient (Wildman–Crippen LogP) is 3.04. The molecule has 0 saturated carbocycles. The molecule has 0 atom stereocenters. The Morgan fingerprint density at radius 2 is 1.86 bits per heavy atom. The number of thiocarbonyl (C=S) groups is 1. The van der Waals surface area contributed by atoms with Crippen LogP contribution in [0.1, 0.15) is 29.6 Å². The molecule has 1 aliphatic rings. The van der Waals surface area contributed by atoms with E-state index in [-0.39, 0.29) is 16.6 Å². The Balaban J connectivity index is 1.62. The third-order valence-corrected chi connectivity index (χ3v) is 5.10. The average Bonchev–Trinajstić information content (AvgIpc) is 2.74. The zero-order chi connectivity index (χ0) is 20.2. The van der Waals surface area contributed by atoms with Crippen LogP contribution in [-0.2, 0) is 0 Å². The van der Waals surface area contributed by atoms with Crippen molar-refractivity contribution in [3.05, 3.63) is 64.6 Å². The van der Waals surface area contributed by atoms with Crippen LogP contribution < -0.4 is 21.1 Å². The number of aromatic nitrogens is 2. The van der Waals surface area contributed by atoms with Gasteiger partial charge in [-0.05, 0) is 55.7 Å². The number of piperidine rings is 1. The summed E-state index contributed by atoms with van der Waals surface area (Å²) in [6.45, 7) is 1.87. The molecule has 1 saturated heterocycles. The second-order valence-corrected chi connectivity index (χ2v) is 7.36. The molecule has 1 amide bonds. The van der Waals surface area contributed by atoms with Crippen LogP contribution in [0.3, 0.4) is 0 Å². The number of carbonyl (C=O) groups is 1. The van der Waals surface area contributed by atoms with Crippen molar-refractivity contribution >= 4 is 45.6 Å². The van der Waals surface area contributed by atoms with Crippen LogP contribution in [0, 0.1) is 0 Å². The quantitative estimate of drug-likeness (QED) is 0.578. The lowest BCUT2D eigenvalue weighted by atomic mass is 10.1. The fourth-order valence-electron chi connectivity index (χ4n) is 3.49. The van der Waals surface area contributed by atoms with E-state index in [0.717, 1.165) is 37.3 Å². The third kappa shape index (κ3) is 4.43. The standard InChI is InChI=1S/C21H21N5O2S/c27-19-13-22-15-12-18(26-9-5-2-6-10-26)17(11-16(15)23-19)24-21(29)25-20(28)14-7-3-1-4-8-14/h1,3-4,7-8,11-13H,2,5-6,9-10H2,(H,23,27)(H2,24,25,28,29). The summed E-state index contributed by atoms with van der Waals surface area (Å²) < 4.78 is 0. The van der Waals surface area contributed by atoms with Gasteiger partial charge in [-0.25, -0.2) is 4.98 Å². The summed E-state index contributed by atoms with van der Waals surface area (Å²) in [5.74, 6) is -0.279. The van der Waals surface area contributed by atoms with E-state index in [1.54, 1.807) is 24.3 Å². The first-order valence-electron chi connectivity index (χ1n) is 9.55. The van der Waals surface area contributed by atoms with Crippen molar-refractivity contribution in [2.75, 3.05) is 23.3 Å². The highest BCUT2D eigenvalue weighted by molar-refractivity contribution is 7.80. The van der Waals surface area contributed by atoms with Crippen LogP contribution in [0.5, 0.6) is 0 Å². The van der Waals surface area contributed by atoms with Gasteiger partial charge in [-0.2, -0.15) is 0 Å². The van der Waals surface area contributed by atoms with Crippen molar-refractivity contribution in [1.29, 1.82) is 0 Å². The van der Waals surface area contributed by atoms with Crippen molar-refractivity contribution in [2.24, 2.45) is 0 Å². The molecular formula is C21H21N5O2S. The van der Waals surface area contributed by atoms with E-state index in [1.807, 2.05) is 18.2 Å². The Hall–Kier alpha value is -3.26. The lowest BCUT2D eigenvalue weighted by Crippen LogP contribution is -2.35. The number of hydrogen-bond donors (Lipinski definition) is 3. The van der Waals surface area contributed by atoms with E-state index in [4.69, 9.17) is 12.2 Å². The van der Waals surface area contributed by atoms with Gasteiger partial charge < -0.3 is 15.2 Å². The van der Waals surface area contributed by atoms with Gasteiger partial charge in [0.15, 0.2) is 5.11 Å². The highest BCUT2D eigenvalue weighted by Crippen LogP contribution is 2.31. The molecule has 3 N–H and O–H groups in total. The fraction of sp³-hybridized carbons (Fsp3) is 0.238. The maximum Gasteiger partial charge on any atom is 0.266 e. The number of anilines is 2. The van der Waals surface area contributed by atoms with Crippen LogP contribution in [0.2, 0.25) is 0 Å². The summed E-state index contributed by atoms with van der Waals surface area (Å²) in [6, 6.07) is 12.7. The molecule has 0 bridgehead atoms. The molecule has 3 aromatic rings. The van der Waals surface area contributed by atoms with E-state index in [0.29, 0.717) is 16.6 Å². The summed E-state index contributed by atoms with van der Waals surface area (Å²) in [6.07, 6.45) is 4.72. The highest BCUT2D eigenvalue weighted by atomic mass is 32.1. The molecule has 4 rings (SSSR count). The topological polar surface area (TPSA) is 90.1 Å². The van der Waals surface area contributed by atoms with Gasteiger partial charge in [-0.1, -0.05) is 18.2 Å². The van der Waals surface area contributed by atoms with Gasteiger partial charge in [0.2, 0.25) is 0 Å². The lowest BCUT2D eigenvalue weighted by molar-refractivity contribution is 0.0977. The first-order valence-corrected chi connectivity index (χ1v) is 9.96. The number of aromatic amines is 1. The number of hydrogen-bond acceptors (Lipinski definition) is 5. The maximum atomic E-state index is 12.4. The van der Waals surface area contributed by atoms with Gasteiger partial charge >= 0.3 is 0 Å². The molecule has 0 spiro atoms. The van der Waals surface area contributed by atoms with Gasteiger partial charge in [-0.15, -0.1) is 0 Å². The summed E-state index contributed by atoms with van der Waals surface area (Å²) >= 11 is 5.37. The van der Waals surface area contributed by atoms with Crippen molar-refractivity contribution in [3.8, 4) is 0 Å². The molecule has 2 heterocycles. The van der Waals surface area contributed by atoms with E-state index in [9.17, 15) is 9.59 Å². The number of nitrogens with zero attached hydrogens (tertiary/aromatic N) is 2. The van der Waals surface area contributed by atoms with Crippen molar-refractivity contribution in [1.82, 2.24) is 15.3 Å². The van der Waals surface area contributed by atoms with Crippen molar-refractivity contribution < 1.29 is 4.79 Å². The second kappa shape index (κ2) is 8.40. The highest BCUT2D eigenvalue weighted by Gasteiger charge is 2.18. The molecule has 0 unspecified atom stereocenters. The Morgan fingerprint density at radius 1 is 1.10 bits per heavy atom. The zero-order valence-corrected chi connectivity index (χ0v) is 16.6. The van der Waals surface area contributed by atoms with Crippen molar-refractivity contribution in [3.63, 3.8) is 0 Å². The number of H-pyrrole nitrogens is 1. The summed E-state index contributed by atoms with van der Waals surface area (Å²) in [7, 11) is 0. The molecule has 0 radical (unpaired) electrons. The number of rotatable bonds is 3. The maximum absolute atomic E-state index is 12.4. The molecular weight excluding hydrogens is 386 g/mol. The second-order valence-electron chi connectivity index (χ2n) is 6.96. The molecule has 1 aromatic heterocycles. The van der Waals surface area contributed by atoms with Gasteiger partial charge in [0.1, 0.15) is 0 Å². The molecule has 0 aliphatic carbocycles. The number of carbonyl (C=O) groups excluding carboxylic acids is 1. The first-order chi connectivity index (χ1) is 14.1. The molecule has 2 aromatic carbocycles. The molecule has 29 heavy (non-hydrogen) atoms. The number of fused-ring (bicyclic) bond motifs is 1. The Morgan fingerprint density at radius 3 is 2.62 bits per heavy atom. The summed E-state index contributed by atoms with van der Waals surface area (Å²) in [4.78, 5) is 33.4. The van der Waals surface area contributed by atoms with Gasteiger partial charge in [0.05, 0.1) is 28.6 Å². The zero-order valence-electron chi connectivity index (χ0n) is 15.8. The van der Waals surface area contributed by atoms with Gasteiger partial charge in [0, 0.05) is 18.7 Å². The van der Waals surface area contributed by atoms with Gasteiger partial charge in [0.25, 0.3) is 11.5 Å². The van der Waals surface area contributed by atoms with E-state index >= 15 is 0 Å². The SMILES string of the molecule is O=C(NC(=S)Nc1cc2[nH]c(=O)cnc2cc1N1CCCCC1)c1ccccc1. The smallest absolute Gasteiger partial charge is 0.266 e. The van der Waals surface area contributed by atoms with E-state index < -0.39 is 0 Å². The Kier molecular flexibility index (Phi) is 5.53. The average molecular weight is 407 g/mol.